The van der Waals surface area contributed by atoms with Crippen molar-refractivity contribution in [3.8, 4) is 0 Å². The molecular weight excluding hydrogens is 300 g/mol. The number of carbonyl (C=O) groups is 2. The normalized spacial score (nSPS) is 22.1. The van der Waals surface area contributed by atoms with E-state index in [1.807, 2.05) is 6.92 Å². The average molecular weight is 324 g/mol. The minimum absolute atomic E-state index is 0.0474. The lowest BCUT2D eigenvalue weighted by atomic mass is 9.72. The van der Waals surface area contributed by atoms with Crippen molar-refractivity contribution in [1.82, 2.24) is 10.3 Å². The Labute approximate surface area is 135 Å². The Bertz CT molecular complexity index is 580. The van der Waals surface area contributed by atoms with E-state index in [1.165, 1.54) is 6.42 Å². The van der Waals surface area contributed by atoms with Crippen molar-refractivity contribution in [1.29, 1.82) is 0 Å². The first-order valence-electron chi connectivity index (χ1n) is 7.70. The maximum atomic E-state index is 12.4. The summed E-state index contributed by atoms with van der Waals surface area (Å²) in [5, 5.41) is 12.7. The van der Waals surface area contributed by atoms with Gasteiger partial charge in [0, 0.05) is 5.92 Å². The van der Waals surface area contributed by atoms with Crippen molar-refractivity contribution in [3.05, 3.63) is 15.6 Å². The van der Waals surface area contributed by atoms with Gasteiger partial charge in [0.2, 0.25) is 5.91 Å². The first-order valence-corrected chi connectivity index (χ1v) is 8.52. The molecule has 1 heterocycles. The predicted molar refractivity (Wildman–Crippen MR) is 86.1 cm³/mol. The fourth-order valence-electron chi connectivity index (χ4n) is 3.12. The Morgan fingerprint density at radius 2 is 2.14 bits per heavy atom. The van der Waals surface area contributed by atoms with Gasteiger partial charge in [0.25, 0.3) is 0 Å². The van der Waals surface area contributed by atoms with Crippen LogP contribution < -0.4 is 5.32 Å². The van der Waals surface area contributed by atoms with Crippen LogP contribution >= 0.6 is 11.3 Å². The molecule has 1 amide bonds. The Hall–Kier alpha value is -1.43. The highest BCUT2D eigenvalue weighted by molar-refractivity contribution is 7.13. The zero-order chi connectivity index (χ0) is 16.5. The highest BCUT2D eigenvalue weighted by Crippen LogP contribution is 2.38. The van der Waals surface area contributed by atoms with E-state index >= 15 is 0 Å². The molecule has 1 saturated carbocycles. The number of carbonyl (C=O) groups excluding carboxylic acids is 1. The second-order valence-electron chi connectivity index (χ2n) is 6.96. The van der Waals surface area contributed by atoms with Crippen LogP contribution in [0, 0.1) is 18.3 Å². The molecular formula is C16H24N2O3S. The third-order valence-corrected chi connectivity index (χ3v) is 5.64. The molecule has 6 heteroatoms. The molecule has 2 N–H and O–H groups in total. The Morgan fingerprint density at radius 3 is 2.68 bits per heavy atom. The number of carboxylic acids is 1. The summed E-state index contributed by atoms with van der Waals surface area (Å²) < 4.78 is 0. The molecule has 0 saturated heterocycles. The monoisotopic (exact) mass is 324 g/mol. The third-order valence-electron chi connectivity index (χ3n) is 4.31. The van der Waals surface area contributed by atoms with Crippen LogP contribution in [0.2, 0.25) is 0 Å². The Kier molecular flexibility index (Phi) is 4.90. The molecule has 1 aliphatic carbocycles. The van der Waals surface area contributed by atoms with E-state index < -0.39 is 5.97 Å². The van der Waals surface area contributed by atoms with Crippen molar-refractivity contribution in [2.24, 2.45) is 11.3 Å². The van der Waals surface area contributed by atoms with Crippen molar-refractivity contribution < 1.29 is 14.7 Å². The minimum atomic E-state index is -0.964. The van der Waals surface area contributed by atoms with E-state index in [-0.39, 0.29) is 28.2 Å². The molecule has 122 valence electrons. The van der Waals surface area contributed by atoms with Crippen LogP contribution in [-0.4, -0.2) is 22.0 Å². The Balaban J connectivity index is 2.02. The van der Waals surface area contributed by atoms with Crippen LogP contribution in [-0.2, 0) is 4.79 Å². The van der Waals surface area contributed by atoms with E-state index in [0.29, 0.717) is 10.7 Å². The van der Waals surface area contributed by atoms with Gasteiger partial charge in [0.05, 0.1) is 11.7 Å². The maximum Gasteiger partial charge on any atom is 0.347 e. The molecule has 22 heavy (non-hydrogen) atoms. The van der Waals surface area contributed by atoms with Gasteiger partial charge in [-0.2, -0.15) is 0 Å². The molecule has 0 bridgehead atoms. The van der Waals surface area contributed by atoms with Gasteiger partial charge in [-0.25, -0.2) is 9.78 Å². The van der Waals surface area contributed by atoms with Gasteiger partial charge in [-0.05, 0) is 38.5 Å². The maximum absolute atomic E-state index is 12.4. The van der Waals surface area contributed by atoms with Gasteiger partial charge in [-0.3, -0.25) is 4.79 Å². The molecule has 1 aromatic heterocycles. The molecule has 2 atom stereocenters. The molecule has 0 spiro atoms. The second-order valence-corrected chi connectivity index (χ2v) is 7.99. The number of aromatic carboxylic acids is 1. The zero-order valence-corrected chi connectivity index (χ0v) is 14.4. The van der Waals surface area contributed by atoms with E-state index in [0.717, 1.165) is 30.6 Å². The molecule has 0 radical (unpaired) electrons. The lowest BCUT2D eigenvalue weighted by Crippen LogP contribution is -2.37. The summed E-state index contributed by atoms with van der Waals surface area (Å²) in [4.78, 5) is 28.1. The SMILES string of the molecule is Cc1nc(C(C)NC(=O)C2CCCC(C)(C)C2)sc1C(=O)O. The van der Waals surface area contributed by atoms with E-state index in [1.54, 1.807) is 6.92 Å². The van der Waals surface area contributed by atoms with Gasteiger partial charge in [-0.1, -0.05) is 20.3 Å². The second kappa shape index (κ2) is 6.36. The molecule has 0 aromatic carbocycles. The summed E-state index contributed by atoms with van der Waals surface area (Å²) in [5.74, 6) is -0.856. The summed E-state index contributed by atoms with van der Waals surface area (Å²) in [6.45, 7) is 7.95. The molecule has 1 aromatic rings. The topological polar surface area (TPSA) is 79.3 Å². The summed E-state index contributed by atoms with van der Waals surface area (Å²) in [6, 6.07) is -0.255. The molecule has 2 rings (SSSR count). The quantitative estimate of drug-likeness (QED) is 0.888. The van der Waals surface area contributed by atoms with Crippen molar-refractivity contribution in [2.45, 2.75) is 59.4 Å². The predicted octanol–water partition coefficient (Wildman–Crippen LogP) is 3.54. The number of nitrogens with one attached hydrogen (secondary N) is 1. The first kappa shape index (κ1) is 16.9. The highest BCUT2D eigenvalue weighted by Gasteiger charge is 2.32. The van der Waals surface area contributed by atoms with Crippen LogP contribution in [0.1, 0.15) is 72.9 Å². The van der Waals surface area contributed by atoms with Gasteiger partial charge in [0.1, 0.15) is 9.88 Å². The number of nitrogens with zero attached hydrogens (tertiary/aromatic N) is 1. The number of hydrogen-bond acceptors (Lipinski definition) is 4. The van der Waals surface area contributed by atoms with Crippen molar-refractivity contribution in [2.75, 3.05) is 0 Å². The van der Waals surface area contributed by atoms with E-state index in [9.17, 15) is 9.59 Å². The molecule has 1 fully saturated rings. The number of rotatable bonds is 4. The number of hydrogen-bond donors (Lipinski definition) is 2. The van der Waals surface area contributed by atoms with Gasteiger partial charge in [0.15, 0.2) is 0 Å². The number of carboxylic acid groups (broad SMARTS) is 1. The summed E-state index contributed by atoms with van der Waals surface area (Å²) in [5.41, 5.74) is 0.727. The largest absolute Gasteiger partial charge is 0.477 e. The van der Waals surface area contributed by atoms with Gasteiger partial charge < -0.3 is 10.4 Å². The standard InChI is InChI=1S/C16H24N2O3S/c1-9-12(15(20)21)22-14(18-9)10(2)17-13(19)11-6-5-7-16(3,4)8-11/h10-11H,5-8H2,1-4H3,(H,17,19)(H,20,21). The van der Waals surface area contributed by atoms with Crippen LogP contribution in [0.15, 0.2) is 0 Å². The first-order chi connectivity index (χ1) is 10.2. The smallest absolute Gasteiger partial charge is 0.347 e. The number of aromatic nitrogens is 1. The molecule has 0 aliphatic heterocycles. The van der Waals surface area contributed by atoms with E-state index in [4.69, 9.17) is 5.11 Å². The summed E-state index contributed by atoms with van der Waals surface area (Å²) >= 11 is 1.14. The van der Waals surface area contributed by atoms with Crippen LogP contribution in [0.25, 0.3) is 0 Å². The molecule has 5 nitrogen and oxygen atoms in total. The minimum Gasteiger partial charge on any atom is -0.477 e. The lowest BCUT2D eigenvalue weighted by Gasteiger charge is -2.34. The van der Waals surface area contributed by atoms with Gasteiger partial charge in [-0.15, -0.1) is 11.3 Å². The average Bonchev–Trinajstić information content (AvgIpc) is 2.80. The number of aryl methyl sites for hydroxylation is 1. The number of thiazole rings is 1. The van der Waals surface area contributed by atoms with Gasteiger partial charge >= 0.3 is 5.97 Å². The summed E-state index contributed by atoms with van der Waals surface area (Å²) in [7, 11) is 0. The summed E-state index contributed by atoms with van der Waals surface area (Å²) in [6.07, 6.45) is 4.08. The number of amides is 1. The lowest BCUT2D eigenvalue weighted by molar-refractivity contribution is -0.127. The van der Waals surface area contributed by atoms with E-state index in [2.05, 4.69) is 24.1 Å². The highest BCUT2D eigenvalue weighted by atomic mass is 32.1. The van der Waals surface area contributed by atoms with Crippen molar-refractivity contribution in [3.63, 3.8) is 0 Å². The fraction of sp³-hybridized carbons (Fsp3) is 0.688. The fourth-order valence-corrected chi connectivity index (χ4v) is 4.02. The van der Waals surface area contributed by atoms with Crippen LogP contribution in [0.4, 0.5) is 0 Å². The van der Waals surface area contributed by atoms with Crippen LogP contribution in [0.3, 0.4) is 0 Å². The third kappa shape index (κ3) is 3.85. The molecule has 2 unspecified atom stereocenters. The Morgan fingerprint density at radius 1 is 1.45 bits per heavy atom. The zero-order valence-electron chi connectivity index (χ0n) is 13.6. The van der Waals surface area contributed by atoms with Crippen LogP contribution in [0.5, 0.6) is 0 Å². The van der Waals surface area contributed by atoms with Crippen molar-refractivity contribution >= 4 is 23.2 Å². The molecule has 1 aliphatic rings.